The maximum absolute atomic E-state index is 2.25. The van der Waals surface area contributed by atoms with E-state index in [-0.39, 0.29) is 0 Å². The second-order valence-corrected chi connectivity index (χ2v) is 1.72. The Bertz CT molecular complexity index is 123. The maximum Gasteiger partial charge on any atom is 0.0439 e. The molecule has 0 heteroatoms. The van der Waals surface area contributed by atoms with Gasteiger partial charge in [-0.3, -0.25) is 0 Å². The van der Waals surface area contributed by atoms with Crippen molar-refractivity contribution in [2.75, 3.05) is 0 Å². The lowest BCUT2D eigenvalue weighted by Crippen LogP contribution is -1.59. The molecule has 0 heterocycles. The summed E-state index contributed by atoms with van der Waals surface area (Å²) in [6, 6.07) is 0. The Kier molecular flexibility index (Phi) is 0.264. The van der Waals surface area contributed by atoms with Crippen LogP contribution in [0.2, 0.25) is 0 Å². The zero-order valence-electron chi connectivity index (χ0n) is 3.44. The largest absolute Gasteiger partial charge is 0.0797 e. The first-order chi connectivity index (χ1) is 2.97. The van der Waals surface area contributed by atoms with Crippen molar-refractivity contribution < 1.29 is 0 Å². The van der Waals surface area contributed by atoms with E-state index < -0.39 is 0 Å². The molecule has 6 heavy (non-hydrogen) atoms. The minimum atomic E-state index is 1.25. The minimum absolute atomic E-state index is 1.25. The van der Waals surface area contributed by atoms with Crippen molar-refractivity contribution in [2.45, 2.75) is 6.42 Å². The molecule has 0 N–H and O–H groups in total. The summed E-state index contributed by atoms with van der Waals surface area (Å²) in [4.78, 5) is 0. The van der Waals surface area contributed by atoms with E-state index in [0.717, 1.165) is 0 Å². The molecule has 0 amide bonds. The summed E-state index contributed by atoms with van der Waals surface area (Å²) in [5.41, 5.74) is 1.55. The molecule has 0 spiro atoms. The van der Waals surface area contributed by atoms with Crippen molar-refractivity contribution in [3.05, 3.63) is 29.7 Å². The van der Waals surface area contributed by atoms with E-state index in [0.29, 0.717) is 0 Å². The zero-order chi connectivity index (χ0) is 3.98. The van der Waals surface area contributed by atoms with Crippen LogP contribution < -0.4 is 0 Å². The van der Waals surface area contributed by atoms with Gasteiger partial charge in [0.25, 0.3) is 0 Å². The zero-order valence-corrected chi connectivity index (χ0v) is 3.44. The van der Waals surface area contributed by atoms with Crippen LogP contribution in [-0.4, -0.2) is 0 Å². The first-order valence-electron chi connectivity index (χ1n) is 2.21. The normalized spacial score (nSPS) is 27.0. The standard InChI is InChI=1S/C6H5/c1-2-5(1)6-3-4-6/h1-3H,4H2. The van der Waals surface area contributed by atoms with Crippen molar-refractivity contribution in [1.29, 1.82) is 0 Å². The third-order valence-electron chi connectivity index (χ3n) is 1.11. The lowest BCUT2D eigenvalue weighted by atomic mass is 10.3. The number of hydrogen-bond acceptors (Lipinski definition) is 0. The molecular formula is C6H5. The summed E-state index contributed by atoms with van der Waals surface area (Å²) < 4.78 is 0. The van der Waals surface area contributed by atoms with Gasteiger partial charge in [0.1, 0.15) is 0 Å². The highest BCUT2D eigenvalue weighted by atomic mass is 14.3. The van der Waals surface area contributed by atoms with Gasteiger partial charge >= 0.3 is 0 Å². The quantitative estimate of drug-likeness (QED) is 0.444. The lowest BCUT2D eigenvalue weighted by Gasteiger charge is -1.73. The summed E-state index contributed by atoms with van der Waals surface area (Å²) in [7, 11) is 0. The van der Waals surface area contributed by atoms with Gasteiger partial charge in [-0.25, -0.2) is 0 Å². The number of rotatable bonds is 1. The van der Waals surface area contributed by atoms with Crippen molar-refractivity contribution in [1.82, 2.24) is 0 Å². The fraction of sp³-hybridized carbons (Fsp3) is 0.167. The average Bonchev–Trinajstić information content (AvgIpc) is 2.26. The van der Waals surface area contributed by atoms with Crippen LogP contribution in [0.4, 0.5) is 0 Å². The van der Waals surface area contributed by atoms with Crippen molar-refractivity contribution >= 4 is 0 Å². The molecule has 0 fully saturated rings. The molecule has 0 saturated heterocycles. The molecule has 0 aromatic carbocycles. The summed E-state index contributed by atoms with van der Waals surface area (Å²) in [6.45, 7) is 0. The lowest BCUT2D eigenvalue weighted by molar-refractivity contribution is 1.49. The predicted molar refractivity (Wildman–Crippen MR) is 25.1 cm³/mol. The predicted octanol–water partition coefficient (Wildman–Crippen LogP) is 1.46. The average molecular weight is 77.1 g/mol. The summed E-state index contributed by atoms with van der Waals surface area (Å²) in [6.07, 6.45) is 7.80. The Morgan fingerprint density at radius 1 is 1.33 bits per heavy atom. The summed E-state index contributed by atoms with van der Waals surface area (Å²) in [5.74, 6) is 1.48. The van der Waals surface area contributed by atoms with Crippen LogP contribution in [0.1, 0.15) is 6.42 Å². The third kappa shape index (κ3) is 0.238. The molecule has 2 rings (SSSR count). The second kappa shape index (κ2) is 0.604. The second-order valence-electron chi connectivity index (χ2n) is 1.72. The molecule has 2 aliphatic rings. The first kappa shape index (κ1) is 2.62. The Hall–Kier alpha value is -0.520. The van der Waals surface area contributed by atoms with E-state index >= 15 is 0 Å². The first-order valence-corrected chi connectivity index (χ1v) is 2.21. The van der Waals surface area contributed by atoms with Gasteiger partial charge in [0.05, 0.1) is 0 Å². The van der Waals surface area contributed by atoms with Gasteiger partial charge < -0.3 is 0 Å². The number of hydrogen-bond donors (Lipinski definition) is 0. The topological polar surface area (TPSA) is 0 Å². The third-order valence-corrected chi connectivity index (χ3v) is 1.11. The Balaban J connectivity index is 2.10. The van der Waals surface area contributed by atoms with Gasteiger partial charge in [-0.2, -0.15) is 0 Å². The van der Waals surface area contributed by atoms with Crippen LogP contribution in [0.3, 0.4) is 0 Å². The van der Waals surface area contributed by atoms with E-state index in [4.69, 9.17) is 0 Å². The molecule has 0 aromatic heterocycles. The molecule has 0 aliphatic heterocycles. The molecule has 29 valence electrons. The maximum atomic E-state index is 2.25. The van der Waals surface area contributed by atoms with Gasteiger partial charge in [-0.05, 0) is 6.42 Å². The minimum Gasteiger partial charge on any atom is -0.0797 e. The molecule has 0 unspecified atom stereocenters. The van der Waals surface area contributed by atoms with Crippen LogP contribution in [0.15, 0.2) is 23.8 Å². The van der Waals surface area contributed by atoms with E-state index in [1.807, 2.05) is 0 Å². The number of allylic oxidation sites excluding steroid dienone is 4. The molecule has 0 atom stereocenters. The van der Waals surface area contributed by atoms with Crippen LogP contribution >= 0.6 is 0 Å². The molecule has 0 nitrogen and oxygen atoms in total. The molecule has 0 bridgehead atoms. The van der Waals surface area contributed by atoms with Crippen molar-refractivity contribution in [3.63, 3.8) is 0 Å². The van der Waals surface area contributed by atoms with E-state index in [1.165, 1.54) is 12.3 Å². The van der Waals surface area contributed by atoms with E-state index in [2.05, 4.69) is 18.2 Å². The van der Waals surface area contributed by atoms with E-state index in [9.17, 15) is 0 Å². The SMILES string of the molecule is C1=C[C]1C1=CC1. The summed E-state index contributed by atoms with van der Waals surface area (Å²) in [5, 5.41) is 0. The fourth-order valence-corrected chi connectivity index (χ4v) is 0.542. The highest BCUT2D eigenvalue weighted by Crippen LogP contribution is 2.38. The van der Waals surface area contributed by atoms with Gasteiger partial charge in [0.2, 0.25) is 0 Å². The smallest absolute Gasteiger partial charge is 0.0439 e. The fourth-order valence-electron chi connectivity index (χ4n) is 0.542. The Labute approximate surface area is 37.2 Å². The van der Waals surface area contributed by atoms with E-state index in [1.54, 1.807) is 5.57 Å². The van der Waals surface area contributed by atoms with Crippen molar-refractivity contribution in [3.8, 4) is 0 Å². The molecular weight excluding hydrogens is 72.1 g/mol. The van der Waals surface area contributed by atoms with Gasteiger partial charge in [0, 0.05) is 5.92 Å². The molecule has 0 saturated carbocycles. The molecule has 2 aliphatic carbocycles. The van der Waals surface area contributed by atoms with Gasteiger partial charge in [0.15, 0.2) is 0 Å². The van der Waals surface area contributed by atoms with Crippen LogP contribution in [0, 0.1) is 5.92 Å². The molecule has 1 radical (unpaired) electrons. The van der Waals surface area contributed by atoms with Gasteiger partial charge in [-0.15, -0.1) is 0 Å². The van der Waals surface area contributed by atoms with Crippen LogP contribution in [0.25, 0.3) is 0 Å². The Morgan fingerprint density at radius 3 is 2.17 bits per heavy atom. The highest BCUT2D eigenvalue weighted by molar-refractivity contribution is 5.59. The van der Waals surface area contributed by atoms with Crippen LogP contribution in [0.5, 0.6) is 0 Å². The Morgan fingerprint density at radius 2 is 2.00 bits per heavy atom. The van der Waals surface area contributed by atoms with Gasteiger partial charge in [-0.1, -0.05) is 23.8 Å². The highest BCUT2D eigenvalue weighted by Gasteiger charge is 2.22. The monoisotopic (exact) mass is 77.0 g/mol. The van der Waals surface area contributed by atoms with Crippen LogP contribution in [-0.2, 0) is 0 Å². The molecule has 0 aromatic rings. The summed E-state index contributed by atoms with van der Waals surface area (Å²) >= 11 is 0. The van der Waals surface area contributed by atoms with Crippen molar-refractivity contribution in [2.24, 2.45) is 0 Å².